The molecule has 0 unspecified atom stereocenters. The molecule has 0 aliphatic carbocycles. The lowest BCUT2D eigenvalue weighted by atomic mass is 10.2. The molecule has 0 bridgehead atoms. The fourth-order valence-electron chi connectivity index (χ4n) is 1.56. The number of rotatable bonds is 3. The number of carboxylic acids is 1. The highest BCUT2D eigenvalue weighted by molar-refractivity contribution is 7.99. The summed E-state index contributed by atoms with van der Waals surface area (Å²) >= 11 is 13.2. The lowest BCUT2D eigenvalue weighted by Crippen LogP contribution is -1.98. The van der Waals surface area contributed by atoms with E-state index in [-0.39, 0.29) is 5.56 Å². The quantitative estimate of drug-likeness (QED) is 0.851. The highest BCUT2D eigenvalue weighted by Gasteiger charge is 2.13. The monoisotopic (exact) mass is 312 g/mol. The number of aromatic carboxylic acids is 1. The van der Waals surface area contributed by atoms with Crippen molar-refractivity contribution < 1.29 is 9.90 Å². The molecule has 2 aromatic rings. The van der Waals surface area contributed by atoms with Crippen LogP contribution in [-0.2, 0) is 0 Å². The first-order valence-electron chi connectivity index (χ1n) is 5.44. The lowest BCUT2D eigenvalue weighted by molar-refractivity contribution is 0.0693. The van der Waals surface area contributed by atoms with Crippen LogP contribution in [0.25, 0.3) is 0 Å². The van der Waals surface area contributed by atoms with Crippen LogP contribution in [0.15, 0.2) is 46.2 Å². The fraction of sp³-hybridized carbons (Fsp3) is 0.0714. The molecule has 2 aromatic carbocycles. The molecule has 5 heteroatoms. The lowest BCUT2D eigenvalue weighted by Gasteiger charge is -2.09. The average molecular weight is 313 g/mol. The summed E-state index contributed by atoms with van der Waals surface area (Å²) in [5.74, 6) is -0.973. The number of aryl methyl sites for hydroxylation is 1. The van der Waals surface area contributed by atoms with Crippen LogP contribution in [0.2, 0.25) is 10.0 Å². The first-order valence-corrected chi connectivity index (χ1v) is 7.01. The third kappa shape index (κ3) is 3.44. The summed E-state index contributed by atoms with van der Waals surface area (Å²) in [4.78, 5) is 12.7. The maximum atomic E-state index is 11.2. The number of carboxylic acid groups (broad SMARTS) is 1. The molecule has 98 valence electrons. The maximum absolute atomic E-state index is 11.2. The van der Waals surface area contributed by atoms with Crippen molar-refractivity contribution in [3.05, 3.63) is 57.6 Å². The van der Waals surface area contributed by atoms with E-state index in [4.69, 9.17) is 23.2 Å². The highest BCUT2D eigenvalue weighted by Crippen LogP contribution is 2.35. The molecule has 1 N–H and O–H groups in total. The predicted octanol–water partition coefficient (Wildman–Crippen LogP) is 5.15. The second kappa shape index (κ2) is 5.87. The SMILES string of the molecule is Cc1ccc(Cl)cc1Sc1cc(Cl)ccc1C(=O)O. The van der Waals surface area contributed by atoms with Crippen LogP contribution in [0.5, 0.6) is 0 Å². The van der Waals surface area contributed by atoms with E-state index in [1.165, 1.54) is 17.8 Å². The second-order valence-electron chi connectivity index (χ2n) is 3.96. The summed E-state index contributed by atoms with van der Waals surface area (Å²) in [6.45, 7) is 1.95. The van der Waals surface area contributed by atoms with Gasteiger partial charge in [0.15, 0.2) is 0 Å². The minimum absolute atomic E-state index is 0.230. The zero-order valence-electron chi connectivity index (χ0n) is 9.98. The van der Waals surface area contributed by atoms with Gasteiger partial charge in [-0.1, -0.05) is 41.0 Å². The summed E-state index contributed by atoms with van der Waals surface area (Å²) in [5.41, 5.74) is 1.26. The maximum Gasteiger partial charge on any atom is 0.336 e. The Balaban J connectivity index is 2.45. The van der Waals surface area contributed by atoms with Crippen LogP contribution in [0.4, 0.5) is 0 Å². The molecule has 0 atom stereocenters. The smallest absolute Gasteiger partial charge is 0.336 e. The summed E-state index contributed by atoms with van der Waals surface area (Å²) < 4.78 is 0. The molecular formula is C14H10Cl2O2S. The van der Waals surface area contributed by atoms with Crippen LogP contribution in [0.1, 0.15) is 15.9 Å². The minimum atomic E-state index is -0.973. The van der Waals surface area contributed by atoms with E-state index in [9.17, 15) is 9.90 Å². The molecule has 0 amide bonds. The zero-order chi connectivity index (χ0) is 14.0. The number of carbonyl (C=O) groups is 1. The summed E-state index contributed by atoms with van der Waals surface area (Å²) in [6, 6.07) is 10.2. The summed E-state index contributed by atoms with van der Waals surface area (Å²) in [5, 5.41) is 10.3. The van der Waals surface area contributed by atoms with Gasteiger partial charge in [0.05, 0.1) is 5.56 Å². The molecule has 0 radical (unpaired) electrons. The van der Waals surface area contributed by atoms with E-state index < -0.39 is 5.97 Å². The molecule has 0 aliphatic heterocycles. The van der Waals surface area contributed by atoms with E-state index >= 15 is 0 Å². The van der Waals surface area contributed by atoms with Crippen LogP contribution < -0.4 is 0 Å². The van der Waals surface area contributed by atoms with E-state index in [1.54, 1.807) is 18.2 Å². The largest absolute Gasteiger partial charge is 0.478 e. The Morgan fingerprint density at radius 1 is 1.05 bits per heavy atom. The highest BCUT2D eigenvalue weighted by atomic mass is 35.5. The standard InChI is InChI=1S/C14H10Cl2O2S/c1-8-2-3-9(15)6-12(8)19-13-7-10(16)4-5-11(13)14(17)18/h2-7H,1H3,(H,17,18). The Morgan fingerprint density at radius 3 is 2.26 bits per heavy atom. The van der Waals surface area contributed by atoms with Gasteiger partial charge in [-0.2, -0.15) is 0 Å². The predicted molar refractivity (Wildman–Crippen MR) is 78.7 cm³/mol. The summed E-state index contributed by atoms with van der Waals surface area (Å²) in [7, 11) is 0. The molecule has 0 saturated heterocycles. The van der Waals surface area contributed by atoms with E-state index in [0.29, 0.717) is 14.9 Å². The van der Waals surface area contributed by atoms with Crippen molar-refractivity contribution in [2.24, 2.45) is 0 Å². The average Bonchev–Trinajstić information content (AvgIpc) is 2.33. The van der Waals surface area contributed by atoms with Gasteiger partial charge in [-0.25, -0.2) is 4.79 Å². The third-order valence-electron chi connectivity index (χ3n) is 2.54. The first kappa shape index (κ1) is 14.3. The molecular weight excluding hydrogens is 303 g/mol. The molecule has 19 heavy (non-hydrogen) atoms. The van der Waals surface area contributed by atoms with Crippen LogP contribution in [-0.4, -0.2) is 11.1 Å². The Hall–Kier alpha value is -1.16. The minimum Gasteiger partial charge on any atom is -0.478 e. The van der Waals surface area contributed by atoms with Crippen LogP contribution in [0, 0.1) is 6.92 Å². The molecule has 0 aromatic heterocycles. The number of halogens is 2. The molecule has 0 spiro atoms. The number of hydrogen-bond donors (Lipinski definition) is 1. The third-order valence-corrected chi connectivity index (χ3v) is 4.23. The van der Waals surface area contributed by atoms with Gasteiger partial charge >= 0.3 is 5.97 Å². The van der Waals surface area contributed by atoms with Crippen molar-refractivity contribution in [3.63, 3.8) is 0 Å². The van der Waals surface area contributed by atoms with Crippen LogP contribution in [0.3, 0.4) is 0 Å². The molecule has 0 saturated carbocycles. The van der Waals surface area contributed by atoms with E-state index in [2.05, 4.69) is 0 Å². The molecule has 2 rings (SSSR count). The van der Waals surface area contributed by atoms with Gasteiger partial charge < -0.3 is 5.11 Å². The Bertz CT molecular complexity index is 641. The molecule has 0 aliphatic rings. The number of hydrogen-bond acceptors (Lipinski definition) is 2. The molecule has 0 fully saturated rings. The van der Waals surface area contributed by atoms with Gasteiger partial charge in [0, 0.05) is 19.8 Å². The van der Waals surface area contributed by atoms with E-state index in [0.717, 1.165) is 10.5 Å². The van der Waals surface area contributed by atoms with Gasteiger partial charge in [0.1, 0.15) is 0 Å². The number of benzene rings is 2. The first-order chi connectivity index (χ1) is 8.97. The van der Waals surface area contributed by atoms with Gasteiger partial charge in [-0.15, -0.1) is 0 Å². The fourth-order valence-corrected chi connectivity index (χ4v) is 3.14. The topological polar surface area (TPSA) is 37.3 Å². The van der Waals surface area contributed by atoms with Gasteiger partial charge in [0.2, 0.25) is 0 Å². The summed E-state index contributed by atoms with van der Waals surface area (Å²) in [6.07, 6.45) is 0. The molecule has 2 nitrogen and oxygen atoms in total. The Morgan fingerprint density at radius 2 is 1.63 bits per heavy atom. The van der Waals surface area contributed by atoms with Crippen molar-refractivity contribution in [2.75, 3.05) is 0 Å². The van der Waals surface area contributed by atoms with Crippen molar-refractivity contribution in [3.8, 4) is 0 Å². The molecule has 0 heterocycles. The normalized spacial score (nSPS) is 10.5. The van der Waals surface area contributed by atoms with Gasteiger partial charge in [-0.3, -0.25) is 0 Å². The Kier molecular flexibility index (Phi) is 4.40. The van der Waals surface area contributed by atoms with Crippen LogP contribution >= 0.6 is 35.0 Å². The zero-order valence-corrected chi connectivity index (χ0v) is 12.3. The Labute approximate surface area is 125 Å². The van der Waals surface area contributed by atoms with E-state index in [1.807, 2.05) is 19.1 Å². The van der Waals surface area contributed by atoms with Gasteiger partial charge in [-0.05, 0) is 42.8 Å². The van der Waals surface area contributed by atoms with Gasteiger partial charge in [0.25, 0.3) is 0 Å². The van der Waals surface area contributed by atoms with Crippen molar-refractivity contribution in [1.29, 1.82) is 0 Å². The van der Waals surface area contributed by atoms with Crippen molar-refractivity contribution in [1.82, 2.24) is 0 Å². The second-order valence-corrected chi connectivity index (χ2v) is 5.91. The van der Waals surface area contributed by atoms with Crippen molar-refractivity contribution in [2.45, 2.75) is 16.7 Å². The van der Waals surface area contributed by atoms with Crippen molar-refractivity contribution >= 4 is 40.9 Å².